The van der Waals surface area contributed by atoms with E-state index in [4.69, 9.17) is 4.74 Å². The molecule has 0 N–H and O–H groups in total. The number of pyridine rings is 1. The largest absolute Gasteiger partial charge is 0.445 e. The van der Waals surface area contributed by atoms with E-state index >= 15 is 0 Å². The molecule has 0 spiro atoms. The third-order valence-electron chi connectivity index (χ3n) is 5.14. The minimum absolute atomic E-state index is 0.0347. The Morgan fingerprint density at radius 3 is 2.68 bits per heavy atom. The maximum absolute atomic E-state index is 13.0. The summed E-state index contributed by atoms with van der Waals surface area (Å²) in [4.78, 5) is 42.9. The predicted octanol–water partition coefficient (Wildman–Crippen LogP) is 2.70. The average molecular weight is 445 g/mol. The number of thiol groups is 1. The van der Waals surface area contributed by atoms with Gasteiger partial charge in [0.05, 0.1) is 4.92 Å². The second-order valence-corrected chi connectivity index (χ2v) is 8.14. The highest BCUT2D eigenvalue weighted by Crippen LogP contribution is 2.25. The molecule has 31 heavy (non-hydrogen) atoms. The van der Waals surface area contributed by atoms with Crippen LogP contribution in [0.1, 0.15) is 17.5 Å². The zero-order valence-electron chi connectivity index (χ0n) is 17.1. The number of likely N-dealkylation sites (N-methyl/N-ethyl adjacent to an activating group) is 1. The van der Waals surface area contributed by atoms with Gasteiger partial charge in [-0.05, 0) is 42.2 Å². The van der Waals surface area contributed by atoms with Crippen molar-refractivity contribution in [1.29, 1.82) is 0 Å². The lowest BCUT2D eigenvalue weighted by molar-refractivity contribution is -0.384. The zero-order valence-corrected chi connectivity index (χ0v) is 18.0. The topological polar surface area (TPSA) is 106 Å². The fraction of sp³-hybridized carbons (Fsp3) is 0.381. The zero-order chi connectivity index (χ0) is 22.4. The van der Waals surface area contributed by atoms with Gasteiger partial charge < -0.3 is 9.64 Å². The summed E-state index contributed by atoms with van der Waals surface area (Å²) < 4.78 is 5.35. The Balaban J connectivity index is 1.56. The van der Waals surface area contributed by atoms with E-state index in [0.29, 0.717) is 31.5 Å². The molecule has 1 aliphatic rings. The summed E-state index contributed by atoms with van der Waals surface area (Å²) in [6, 6.07) is 8.94. The molecule has 1 saturated heterocycles. The number of aromatic nitrogens is 1. The van der Waals surface area contributed by atoms with Crippen LogP contribution in [0.3, 0.4) is 0 Å². The first-order chi connectivity index (χ1) is 14.8. The highest BCUT2D eigenvalue weighted by Gasteiger charge is 2.40. The molecule has 164 valence electrons. The number of carbonyl (C=O) groups is 2. The van der Waals surface area contributed by atoms with Gasteiger partial charge in [0.25, 0.3) is 5.69 Å². The first-order valence-electron chi connectivity index (χ1n) is 9.84. The third kappa shape index (κ3) is 5.94. The lowest BCUT2D eigenvalue weighted by atomic mass is 10.1. The van der Waals surface area contributed by atoms with Crippen molar-refractivity contribution < 1.29 is 19.2 Å². The highest BCUT2D eigenvalue weighted by molar-refractivity contribution is 7.81. The molecule has 1 aromatic heterocycles. The molecule has 0 bridgehead atoms. The van der Waals surface area contributed by atoms with E-state index in [2.05, 4.69) is 17.6 Å². The fourth-order valence-corrected chi connectivity index (χ4v) is 3.77. The summed E-state index contributed by atoms with van der Waals surface area (Å²) in [5.74, 6) is -0.160. The number of carbonyl (C=O) groups excluding carboxylic acids is 2. The van der Waals surface area contributed by atoms with Gasteiger partial charge >= 0.3 is 6.09 Å². The van der Waals surface area contributed by atoms with Crippen molar-refractivity contribution in [1.82, 2.24) is 14.8 Å². The SMILES string of the molecule is CN(CCc1cccnc1)C(=O)[C@@H]1C[C@H](S)CN1C(=O)OCc1ccc([N+](=O)[O-])cc1. The monoisotopic (exact) mass is 444 g/mol. The molecule has 0 unspecified atom stereocenters. The molecule has 2 aromatic rings. The average Bonchev–Trinajstić information content (AvgIpc) is 3.18. The van der Waals surface area contributed by atoms with E-state index in [9.17, 15) is 19.7 Å². The van der Waals surface area contributed by atoms with Gasteiger partial charge in [-0.1, -0.05) is 6.07 Å². The number of hydrogen-bond donors (Lipinski definition) is 1. The molecule has 10 heteroatoms. The lowest BCUT2D eigenvalue weighted by Gasteiger charge is -2.27. The summed E-state index contributed by atoms with van der Waals surface area (Å²) in [6.45, 7) is 0.779. The van der Waals surface area contributed by atoms with E-state index < -0.39 is 17.1 Å². The number of rotatable bonds is 7. The van der Waals surface area contributed by atoms with Crippen molar-refractivity contribution >= 4 is 30.3 Å². The van der Waals surface area contributed by atoms with Crippen LogP contribution in [0.2, 0.25) is 0 Å². The molecular weight excluding hydrogens is 420 g/mol. The quantitative estimate of drug-likeness (QED) is 0.400. The van der Waals surface area contributed by atoms with E-state index in [1.165, 1.54) is 29.2 Å². The van der Waals surface area contributed by atoms with Crippen LogP contribution in [0.25, 0.3) is 0 Å². The number of amides is 2. The van der Waals surface area contributed by atoms with Crippen molar-refractivity contribution in [3.8, 4) is 0 Å². The number of nitrogens with zero attached hydrogens (tertiary/aromatic N) is 4. The van der Waals surface area contributed by atoms with Gasteiger partial charge in [0.1, 0.15) is 12.6 Å². The third-order valence-corrected chi connectivity index (χ3v) is 5.52. The fourth-order valence-electron chi connectivity index (χ4n) is 3.40. The number of non-ortho nitro benzene ring substituents is 1. The van der Waals surface area contributed by atoms with Gasteiger partial charge in [0.2, 0.25) is 5.91 Å². The second kappa shape index (κ2) is 10.3. The summed E-state index contributed by atoms with van der Waals surface area (Å²) in [5.41, 5.74) is 1.62. The molecule has 1 aromatic carbocycles. The standard InChI is InChI=1S/C21H24N4O5S/c1-23(10-8-15-3-2-9-22-12-15)20(26)19-11-18(31)13-24(19)21(27)30-14-16-4-6-17(7-5-16)25(28)29/h2-7,9,12,18-19,31H,8,10-11,13-14H2,1H3/t18-,19-/m0/s1. The number of hydrogen-bond acceptors (Lipinski definition) is 7. The molecule has 2 amide bonds. The van der Waals surface area contributed by atoms with Crippen LogP contribution in [-0.4, -0.2) is 63.1 Å². The molecule has 1 aliphatic heterocycles. The Hall–Kier alpha value is -3.14. The number of benzene rings is 1. The maximum Gasteiger partial charge on any atom is 0.410 e. The van der Waals surface area contributed by atoms with Gasteiger partial charge in [-0.15, -0.1) is 0 Å². The van der Waals surface area contributed by atoms with Gasteiger partial charge in [0.15, 0.2) is 0 Å². The van der Waals surface area contributed by atoms with Gasteiger partial charge in [-0.2, -0.15) is 12.6 Å². The number of ether oxygens (including phenoxy) is 1. The van der Waals surface area contributed by atoms with Crippen LogP contribution >= 0.6 is 12.6 Å². The number of likely N-dealkylation sites (tertiary alicyclic amines) is 1. The van der Waals surface area contributed by atoms with Crippen LogP contribution in [0.4, 0.5) is 10.5 Å². The second-order valence-electron chi connectivity index (χ2n) is 7.41. The van der Waals surface area contributed by atoms with Gasteiger partial charge in [-0.3, -0.25) is 24.8 Å². The van der Waals surface area contributed by atoms with Crippen LogP contribution < -0.4 is 0 Å². The number of nitro groups is 1. The Bertz CT molecular complexity index is 925. The van der Waals surface area contributed by atoms with E-state index in [1.807, 2.05) is 12.1 Å². The van der Waals surface area contributed by atoms with E-state index in [0.717, 1.165) is 5.56 Å². The Kier molecular flexibility index (Phi) is 7.45. The first kappa shape index (κ1) is 22.5. The summed E-state index contributed by atoms with van der Waals surface area (Å²) >= 11 is 4.45. The Morgan fingerprint density at radius 1 is 1.29 bits per heavy atom. The minimum Gasteiger partial charge on any atom is -0.445 e. The molecule has 2 heterocycles. The van der Waals surface area contributed by atoms with Crippen molar-refractivity contribution in [3.63, 3.8) is 0 Å². The van der Waals surface area contributed by atoms with Crippen LogP contribution in [0, 0.1) is 10.1 Å². The molecular formula is C21H24N4O5S. The summed E-state index contributed by atoms with van der Waals surface area (Å²) in [5, 5.41) is 10.6. The van der Waals surface area contributed by atoms with Crippen molar-refractivity contribution in [3.05, 3.63) is 70.0 Å². The van der Waals surface area contributed by atoms with Crippen molar-refractivity contribution in [2.45, 2.75) is 30.7 Å². The maximum atomic E-state index is 13.0. The van der Waals surface area contributed by atoms with Crippen LogP contribution in [-0.2, 0) is 22.6 Å². The van der Waals surface area contributed by atoms with Gasteiger partial charge in [0, 0.05) is 49.9 Å². The van der Waals surface area contributed by atoms with E-state index in [-0.39, 0.29) is 23.5 Å². The predicted molar refractivity (Wildman–Crippen MR) is 117 cm³/mol. The van der Waals surface area contributed by atoms with Crippen LogP contribution in [0.5, 0.6) is 0 Å². The Morgan fingerprint density at radius 2 is 2.03 bits per heavy atom. The molecule has 9 nitrogen and oxygen atoms in total. The number of nitro benzene ring substituents is 1. The normalized spacial score (nSPS) is 17.9. The van der Waals surface area contributed by atoms with Gasteiger partial charge in [-0.25, -0.2) is 4.79 Å². The minimum atomic E-state index is -0.634. The molecule has 1 fully saturated rings. The summed E-state index contributed by atoms with van der Waals surface area (Å²) in [6.07, 6.45) is 3.97. The highest BCUT2D eigenvalue weighted by atomic mass is 32.1. The molecule has 0 aliphatic carbocycles. The van der Waals surface area contributed by atoms with Crippen LogP contribution in [0.15, 0.2) is 48.8 Å². The molecule has 0 radical (unpaired) electrons. The molecule has 2 atom stereocenters. The molecule has 0 saturated carbocycles. The molecule has 3 rings (SSSR count). The smallest absolute Gasteiger partial charge is 0.410 e. The lowest BCUT2D eigenvalue weighted by Crippen LogP contribution is -2.47. The Labute approximate surface area is 185 Å². The summed E-state index contributed by atoms with van der Waals surface area (Å²) in [7, 11) is 1.71. The van der Waals surface area contributed by atoms with Crippen molar-refractivity contribution in [2.75, 3.05) is 20.1 Å². The first-order valence-corrected chi connectivity index (χ1v) is 10.4. The van der Waals surface area contributed by atoms with Crippen molar-refractivity contribution in [2.24, 2.45) is 0 Å². The van der Waals surface area contributed by atoms with E-state index in [1.54, 1.807) is 24.3 Å².